The molecule has 0 saturated carbocycles. The third-order valence-corrected chi connectivity index (χ3v) is 3.60. The first kappa shape index (κ1) is 12.3. The predicted molar refractivity (Wildman–Crippen MR) is 70.8 cm³/mol. The molecule has 3 heterocycles. The zero-order chi connectivity index (χ0) is 13.2. The van der Waals surface area contributed by atoms with E-state index in [-0.39, 0.29) is 0 Å². The smallest absolute Gasteiger partial charge is 0.231 e. The summed E-state index contributed by atoms with van der Waals surface area (Å²) in [5, 5.41) is 11.9. The second-order valence-electron chi connectivity index (χ2n) is 4.98. The summed E-state index contributed by atoms with van der Waals surface area (Å²) in [5.41, 5.74) is 1.90. The summed E-state index contributed by atoms with van der Waals surface area (Å²) in [4.78, 5) is 4.54. The first-order valence-electron chi connectivity index (χ1n) is 6.86. The molecule has 19 heavy (non-hydrogen) atoms. The van der Waals surface area contributed by atoms with Gasteiger partial charge in [0.2, 0.25) is 11.7 Å². The van der Waals surface area contributed by atoms with E-state index in [0.717, 1.165) is 49.6 Å². The minimum atomic E-state index is 0.344. The van der Waals surface area contributed by atoms with Crippen LogP contribution in [0.4, 0.5) is 0 Å². The predicted octanol–water partition coefficient (Wildman–Crippen LogP) is 1.73. The molecule has 1 N–H and O–H groups in total. The molecule has 6 heteroatoms. The number of aromatic nitrogens is 4. The van der Waals surface area contributed by atoms with Crippen molar-refractivity contribution in [2.75, 3.05) is 13.1 Å². The molecular formula is C13H19N5O. The maximum atomic E-state index is 5.42. The summed E-state index contributed by atoms with van der Waals surface area (Å²) >= 11 is 0. The summed E-state index contributed by atoms with van der Waals surface area (Å²) in [7, 11) is 0. The van der Waals surface area contributed by atoms with E-state index in [9.17, 15) is 0 Å². The maximum Gasteiger partial charge on any atom is 0.231 e. The Morgan fingerprint density at radius 3 is 3.11 bits per heavy atom. The molecule has 2 aromatic rings. The molecule has 0 aliphatic carbocycles. The van der Waals surface area contributed by atoms with Gasteiger partial charge in [0.05, 0.1) is 17.2 Å². The normalized spacial score (nSPS) is 19.8. The minimum Gasteiger partial charge on any atom is -0.339 e. The summed E-state index contributed by atoms with van der Waals surface area (Å²) in [6, 6.07) is 0. The first-order valence-corrected chi connectivity index (χ1v) is 6.86. The van der Waals surface area contributed by atoms with Gasteiger partial charge in [-0.15, -0.1) is 0 Å². The molecule has 1 fully saturated rings. The van der Waals surface area contributed by atoms with Crippen LogP contribution >= 0.6 is 0 Å². The van der Waals surface area contributed by atoms with Crippen molar-refractivity contribution >= 4 is 0 Å². The minimum absolute atomic E-state index is 0.344. The van der Waals surface area contributed by atoms with Gasteiger partial charge in [0.25, 0.3) is 0 Å². The molecule has 3 rings (SSSR count). The molecule has 1 aliphatic rings. The molecule has 2 aromatic heterocycles. The number of hydrogen-bond acceptors (Lipinski definition) is 5. The first-order chi connectivity index (χ1) is 9.28. The number of piperidine rings is 1. The van der Waals surface area contributed by atoms with Gasteiger partial charge < -0.3 is 9.84 Å². The lowest BCUT2D eigenvalue weighted by molar-refractivity contribution is 0.322. The average Bonchev–Trinajstić information content (AvgIpc) is 3.06. The van der Waals surface area contributed by atoms with E-state index in [1.165, 1.54) is 0 Å². The Kier molecular flexibility index (Phi) is 3.33. The molecule has 0 aromatic carbocycles. The van der Waals surface area contributed by atoms with E-state index in [1.807, 2.05) is 17.8 Å². The Balaban J connectivity index is 1.85. The molecule has 1 saturated heterocycles. The van der Waals surface area contributed by atoms with Crippen LogP contribution < -0.4 is 5.32 Å². The fraction of sp³-hybridized carbons (Fsp3) is 0.615. The van der Waals surface area contributed by atoms with Crippen molar-refractivity contribution in [2.24, 2.45) is 0 Å². The van der Waals surface area contributed by atoms with Crippen molar-refractivity contribution in [2.45, 2.75) is 39.2 Å². The molecule has 0 amide bonds. The second kappa shape index (κ2) is 5.13. The highest BCUT2D eigenvalue weighted by molar-refractivity contribution is 5.56. The summed E-state index contributed by atoms with van der Waals surface area (Å²) in [5.74, 6) is 1.74. The van der Waals surface area contributed by atoms with Gasteiger partial charge in [0.1, 0.15) is 0 Å². The van der Waals surface area contributed by atoms with Crippen LogP contribution in [-0.2, 0) is 6.54 Å². The lowest BCUT2D eigenvalue weighted by Crippen LogP contribution is -2.28. The summed E-state index contributed by atoms with van der Waals surface area (Å²) in [6.45, 7) is 6.89. The highest BCUT2D eigenvalue weighted by Gasteiger charge is 2.22. The highest BCUT2D eigenvalue weighted by Crippen LogP contribution is 2.25. The van der Waals surface area contributed by atoms with Crippen LogP contribution in [0.3, 0.4) is 0 Å². The van der Waals surface area contributed by atoms with Gasteiger partial charge in [-0.2, -0.15) is 10.1 Å². The van der Waals surface area contributed by atoms with Crippen LogP contribution in [0.1, 0.15) is 37.3 Å². The summed E-state index contributed by atoms with van der Waals surface area (Å²) < 4.78 is 7.31. The number of aryl methyl sites for hydroxylation is 2. The fourth-order valence-electron chi connectivity index (χ4n) is 2.47. The number of nitrogens with zero attached hydrogens (tertiary/aromatic N) is 4. The van der Waals surface area contributed by atoms with Crippen LogP contribution in [0.15, 0.2) is 10.7 Å². The van der Waals surface area contributed by atoms with Gasteiger partial charge in [-0.3, -0.25) is 4.68 Å². The lowest BCUT2D eigenvalue weighted by Gasteiger charge is -2.18. The van der Waals surface area contributed by atoms with E-state index in [0.29, 0.717) is 11.7 Å². The third kappa shape index (κ3) is 2.40. The Morgan fingerprint density at radius 1 is 1.53 bits per heavy atom. The summed E-state index contributed by atoms with van der Waals surface area (Å²) in [6.07, 6.45) is 4.25. The Bertz CT molecular complexity index is 553. The highest BCUT2D eigenvalue weighted by atomic mass is 16.5. The van der Waals surface area contributed by atoms with Crippen molar-refractivity contribution < 1.29 is 4.52 Å². The van der Waals surface area contributed by atoms with Gasteiger partial charge in [-0.1, -0.05) is 5.16 Å². The third-order valence-electron chi connectivity index (χ3n) is 3.60. The van der Waals surface area contributed by atoms with E-state index in [1.54, 1.807) is 0 Å². The fourth-order valence-corrected chi connectivity index (χ4v) is 2.47. The molecule has 0 bridgehead atoms. The SMILES string of the molecule is CCn1cc(-c2noc([C@@H]3CCCNC3)n2)c(C)n1. The van der Waals surface area contributed by atoms with E-state index < -0.39 is 0 Å². The molecule has 0 spiro atoms. The quantitative estimate of drug-likeness (QED) is 0.911. The largest absolute Gasteiger partial charge is 0.339 e. The zero-order valence-electron chi connectivity index (χ0n) is 11.4. The average molecular weight is 261 g/mol. The van der Waals surface area contributed by atoms with Crippen LogP contribution in [0, 0.1) is 6.92 Å². The Morgan fingerprint density at radius 2 is 2.42 bits per heavy atom. The number of nitrogens with one attached hydrogen (secondary N) is 1. The van der Waals surface area contributed by atoms with E-state index >= 15 is 0 Å². The van der Waals surface area contributed by atoms with Crippen molar-refractivity contribution in [3.05, 3.63) is 17.8 Å². The molecule has 6 nitrogen and oxygen atoms in total. The van der Waals surface area contributed by atoms with Gasteiger partial charge in [0.15, 0.2) is 0 Å². The van der Waals surface area contributed by atoms with Crippen molar-refractivity contribution in [1.29, 1.82) is 0 Å². The lowest BCUT2D eigenvalue weighted by atomic mass is 10.00. The van der Waals surface area contributed by atoms with Gasteiger partial charge >= 0.3 is 0 Å². The molecule has 0 unspecified atom stereocenters. The maximum absolute atomic E-state index is 5.42. The molecule has 1 aliphatic heterocycles. The molecule has 1 atom stereocenters. The van der Waals surface area contributed by atoms with E-state index in [2.05, 4.69) is 27.5 Å². The van der Waals surface area contributed by atoms with Gasteiger partial charge in [-0.25, -0.2) is 0 Å². The van der Waals surface area contributed by atoms with Crippen molar-refractivity contribution in [1.82, 2.24) is 25.2 Å². The van der Waals surface area contributed by atoms with Crippen LogP contribution in [0.2, 0.25) is 0 Å². The van der Waals surface area contributed by atoms with Gasteiger partial charge in [-0.05, 0) is 33.2 Å². The van der Waals surface area contributed by atoms with Crippen molar-refractivity contribution in [3.63, 3.8) is 0 Å². The Labute approximate surface area is 112 Å². The van der Waals surface area contributed by atoms with Crippen LogP contribution in [0.25, 0.3) is 11.4 Å². The molecule has 0 radical (unpaired) electrons. The second-order valence-corrected chi connectivity index (χ2v) is 4.98. The van der Waals surface area contributed by atoms with Gasteiger partial charge in [0, 0.05) is 19.3 Å². The van der Waals surface area contributed by atoms with Crippen LogP contribution in [0.5, 0.6) is 0 Å². The standard InChI is InChI=1S/C13H19N5O/c1-3-18-8-11(9(2)16-18)12-15-13(19-17-12)10-5-4-6-14-7-10/h8,10,14H,3-7H2,1-2H3/t10-/m1/s1. The monoisotopic (exact) mass is 261 g/mol. The van der Waals surface area contributed by atoms with Crippen molar-refractivity contribution in [3.8, 4) is 11.4 Å². The molecule has 102 valence electrons. The van der Waals surface area contributed by atoms with Crippen LogP contribution in [-0.4, -0.2) is 33.0 Å². The number of hydrogen-bond donors (Lipinski definition) is 1. The zero-order valence-corrected chi connectivity index (χ0v) is 11.4. The van der Waals surface area contributed by atoms with E-state index in [4.69, 9.17) is 4.52 Å². The number of rotatable bonds is 3. The topological polar surface area (TPSA) is 68.8 Å². The molecular weight excluding hydrogens is 242 g/mol. The Hall–Kier alpha value is -1.69.